The molecular formula is C18H34Cl2MgO2. The third-order valence-corrected chi connectivity index (χ3v) is 3.65. The maximum atomic E-state index is 10.3. The Balaban J connectivity index is -0.000000602. The molecule has 0 bridgehead atoms. The summed E-state index contributed by atoms with van der Waals surface area (Å²) in [5, 5.41) is 8.51. The van der Waals surface area contributed by atoms with Gasteiger partial charge in [-0.15, -0.1) is 0 Å². The smallest absolute Gasteiger partial charge is 1.00 e. The molecule has 0 aliphatic rings. The molecule has 0 amide bonds. The first-order chi connectivity index (χ1) is 9.77. The SMILES string of the molecule is CCCCCCCCC=CCCCCCCCC(=O)O.[Cl-].[Cl-].[Mg+2]. The van der Waals surface area contributed by atoms with E-state index < -0.39 is 5.97 Å². The molecule has 0 aliphatic heterocycles. The van der Waals surface area contributed by atoms with E-state index in [0.717, 1.165) is 12.8 Å². The van der Waals surface area contributed by atoms with Crippen LogP contribution in [0.4, 0.5) is 0 Å². The van der Waals surface area contributed by atoms with Gasteiger partial charge in [0.1, 0.15) is 0 Å². The van der Waals surface area contributed by atoms with E-state index in [4.69, 9.17) is 5.11 Å². The number of carboxylic acid groups (broad SMARTS) is 1. The summed E-state index contributed by atoms with van der Waals surface area (Å²) in [7, 11) is 0. The first-order valence-electron chi connectivity index (χ1n) is 8.64. The molecule has 0 rings (SSSR count). The van der Waals surface area contributed by atoms with E-state index in [1.54, 1.807) is 0 Å². The van der Waals surface area contributed by atoms with Crippen LogP contribution in [0.15, 0.2) is 12.2 Å². The summed E-state index contributed by atoms with van der Waals surface area (Å²) in [5.74, 6) is -0.664. The summed E-state index contributed by atoms with van der Waals surface area (Å²) < 4.78 is 0. The number of hydrogen-bond acceptors (Lipinski definition) is 1. The minimum atomic E-state index is -0.664. The van der Waals surface area contributed by atoms with Crippen molar-refractivity contribution in [2.75, 3.05) is 0 Å². The average Bonchev–Trinajstić information content (AvgIpc) is 2.43. The van der Waals surface area contributed by atoms with E-state index in [1.165, 1.54) is 70.6 Å². The molecule has 0 spiro atoms. The van der Waals surface area contributed by atoms with E-state index >= 15 is 0 Å². The van der Waals surface area contributed by atoms with Crippen LogP contribution in [-0.2, 0) is 4.79 Å². The zero-order valence-electron chi connectivity index (χ0n) is 14.9. The van der Waals surface area contributed by atoms with Crippen molar-refractivity contribution in [3.05, 3.63) is 12.2 Å². The molecule has 0 unspecified atom stereocenters. The van der Waals surface area contributed by atoms with E-state index in [2.05, 4.69) is 19.1 Å². The Morgan fingerprint density at radius 2 is 1.13 bits per heavy atom. The van der Waals surface area contributed by atoms with E-state index in [-0.39, 0.29) is 47.9 Å². The maximum absolute atomic E-state index is 10.3. The standard InChI is InChI=1S/C18H34O2.2ClH.Mg/c1-2-3-4-5-6-7-8-9-10-11-12-13-14-15-16-17-18(19)20;;;/h9-10H,2-8,11-17H2,1H3,(H,19,20);2*1H;/q;;;+2/p-2. The molecule has 0 heterocycles. The van der Waals surface area contributed by atoms with Gasteiger partial charge in [-0.3, -0.25) is 4.79 Å². The van der Waals surface area contributed by atoms with Gasteiger partial charge >= 0.3 is 29.0 Å². The van der Waals surface area contributed by atoms with Crippen molar-refractivity contribution in [2.24, 2.45) is 0 Å². The molecule has 0 fully saturated rings. The van der Waals surface area contributed by atoms with Crippen molar-refractivity contribution in [2.45, 2.75) is 96.8 Å². The Labute approximate surface area is 172 Å². The summed E-state index contributed by atoms with van der Waals surface area (Å²) in [6.07, 6.45) is 21.2. The number of carbonyl (C=O) groups is 1. The molecule has 0 saturated heterocycles. The molecule has 134 valence electrons. The summed E-state index contributed by atoms with van der Waals surface area (Å²) in [6.45, 7) is 2.26. The number of allylic oxidation sites excluding steroid dienone is 2. The van der Waals surface area contributed by atoms with Crippen molar-refractivity contribution in [1.29, 1.82) is 0 Å². The Morgan fingerprint density at radius 3 is 1.57 bits per heavy atom. The van der Waals surface area contributed by atoms with E-state index in [1.807, 2.05) is 0 Å². The summed E-state index contributed by atoms with van der Waals surface area (Å²) >= 11 is 0. The van der Waals surface area contributed by atoms with Crippen LogP contribution in [0, 0.1) is 0 Å². The van der Waals surface area contributed by atoms with Gasteiger partial charge in [0.25, 0.3) is 0 Å². The van der Waals surface area contributed by atoms with Crippen molar-refractivity contribution in [3.63, 3.8) is 0 Å². The monoisotopic (exact) mass is 376 g/mol. The molecule has 5 heteroatoms. The molecule has 1 N–H and O–H groups in total. The molecule has 23 heavy (non-hydrogen) atoms. The summed E-state index contributed by atoms with van der Waals surface area (Å²) in [5.41, 5.74) is 0. The molecule has 0 aromatic carbocycles. The van der Waals surface area contributed by atoms with Gasteiger partial charge in [-0.25, -0.2) is 0 Å². The van der Waals surface area contributed by atoms with Gasteiger partial charge in [-0.05, 0) is 32.1 Å². The van der Waals surface area contributed by atoms with Crippen molar-refractivity contribution in [1.82, 2.24) is 0 Å². The van der Waals surface area contributed by atoms with E-state index in [0.29, 0.717) is 6.42 Å². The van der Waals surface area contributed by atoms with Gasteiger partial charge in [0.05, 0.1) is 0 Å². The fraction of sp³-hybridized carbons (Fsp3) is 0.833. The van der Waals surface area contributed by atoms with Gasteiger partial charge in [0.2, 0.25) is 0 Å². The van der Waals surface area contributed by atoms with Gasteiger partial charge in [0.15, 0.2) is 0 Å². The van der Waals surface area contributed by atoms with Crippen molar-refractivity contribution in [3.8, 4) is 0 Å². The fourth-order valence-electron chi connectivity index (χ4n) is 2.35. The van der Waals surface area contributed by atoms with Gasteiger partial charge in [-0.1, -0.05) is 70.4 Å². The molecule has 2 nitrogen and oxygen atoms in total. The predicted octanol–water partition coefficient (Wildman–Crippen LogP) is -0.264. The predicted molar refractivity (Wildman–Crippen MR) is 92.8 cm³/mol. The van der Waals surface area contributed by atoms with E-state index in [9.17, 15) is 4.79 Å². The summed E-state index contributed by atoms with van der Waals surface area (Å²) in [6, 6.07) is 0. The first kappa shape index (κ1) is 31.3. The maximum Gasteiger partial charge on any atom is 2.00 e. The van der Waals surface area contributed by atoms with Gasteiger partial charge in [0, 0.05) is 6.42 Å². The second kappa shape index (κ2) is 27.4. The second-order valence-electron chi connectivity index (χ2n) is 5.73. The topological polar surface area (TPSA) is 37.3 Å². The van der Waals surface area contributed by atoms with Crippen LogP contribution in [0.5, 0.6) is 0 Å². The number of unbranched alkanes of at least 4 members (excludes halogenated alkanes) is 11. The minimum absolute atomic E-state index is 0. The molecule has 0 aliphatic carbocycles. The van der Waals surface area contributed by atoms with Crippen molar-refractivity contribution >= 4 is 29.0 Å². The van der Waals surface area contributed by atoms with Gasteiger partial charge < -0.3 is 29.9 Å². The number of hydrogen-bond donors (Lipinski definition) is 1. The minimum Gasteiger partial charge on any atom is -1.00 e. The van der Waals surface area contributed by atoms with Crippen LogP contribution in [-0.4, -0.2) is 34.1 Å². The van der Waals surface area contributed by atoms with Crippen LogP contribution in [0.2, 0.25) is 0 Å². The first-order valence-corrected chi connectivity index (χ1v) is 8.64. The van der Waals surface area contributed by atoms with Crippen molar-refractivity contribution < 1.29 is 34.7 Å². The number of carboxylic acids is 1. The molecule has 0 atom stereocenters. The molecular weight excluding hydrogens is 343 g/mol. The quantitative estimate of drug-likeness (QED) is 0.242. The third-order valence-electron chi connectivity index (χ3n) is 3.65. The molecule has 0 saturated carbocycles. The van der Waals surface area contributed by atoms with Crippen LogP contribution in [0.3, 0.4) is 0 Å². The van der Waals surface area contributed by atoms with Crippen LogP contribution < -0.4 is 24.8 Å². The third kappa shape index (κ3) is 30.9. The zero-order valence-corrected chi connectivity index (χ0v) is 17.8. The van der Waals surface area contributed by atoms with Crippen LogP contribution in [0.1, 0.15) is 96.8 Å². The number of halogens is 2. The average molecular weight is 378 g/mol. The Kier molecular flexibility index (Phi) is 37.3. The molecule has 0 aromatic rings. The fourth-order valence-corrected chi connectivity index (χ4v) is 2.35. The Hall–Kier alpha value is 0.556. The Morgan fingerprint density at radius 1 is 0.739 bits per heavy atom. The molecule has 0 aromatic heterocycles. The zero-order chi connectivity index (χ0) is 14.9. The Bertz CT molecular complexity index is 249. The molecule has 0 radical (unpaired) electrons. The normalized spacial score (nSPS) is 9.78. The summed E-state index contributed by atoms with van der Waals surface area (Å²) in [4.78, 5) is 10.3. The second-order valence-corrected chi connectivity index (χ2v) is 5.73. The van der Waals surface area contributed by atoms with Crippen LogP contribution in [0.25, 0.3) is 0 Å². The van der Waals surface area contributed by atoms with Gasteiger partial charge in [-0.2, -0.15) is 0 Å². The van der Waals surface area contributed by atoms with Crippen LogP contribution >= 0.6 is 0 Å². The number of rotatable bonds is 15. The number of aliphatic carboxylic acids is 1. The largest absolute Gasteiger partial charge is 2.00 e.